The molecular formula is C31H35FN4O4. The molecule has 4 aromatic rings. The van der Waals surface area contributed by atoms with Gasteiger partial charge in [0.1, 0.15) is 23.9 Å². The van der Waals surface area contributed by atoms with Gasteiger partial charge in [0.05, 0.1) is 19.9 Å². The second kappa shape index (κ2) is 13.5. The summed E-state index contributed by atoms with van der Waals surface area (Å²) in [6.07, 6.45) is 3.26. The number of fused-ring (bicyclic) bond motifs is 1. The molecule has 210 valence electrons. The highest BCUT2D eigenvalue weighted by Gasteiger charge is 2.22. The summed E-state index contributed by atoms with van der Waals surface area (Å²) in [4.78, 5) is 33.4. The Labute approximate surface area is 233 Å². The number of anilines is 1. The van der Waals surface area contributed by atoms with Gasteiger partial charge in [-0.15, -0.1) is 0 Å². The minimum Gasteiger partial charge on any atom is -0.497 e. The van der Waals surface area contributed by atoms with E-state index in [0.717, 1.165) is 22.0 Å². The van der Waals surface area contributed by atoms with Crippen LogP contribution in [0.3, 0.4) is 0 Å². The number of rotatable bonds is 12. The van der Waals surface area contributed by atoms with E-state index in [1.807, 2.05) is 37.4 Å². The standard InChI is InChI=1S/C31H35FN4O4/c1-4-16-36(31(38)34-28-14-13-25(39-2)18-29(28)40-3)21-30(37)35(20-22-9-11-24(32)12-10-22)17-15-23-19-33-27-8-6-5-7-26(23)27/h5-14,18-19,33H,4,15-17,20-21H2,1-3H3,(H,34,38). The van der Waals surface area contributed by atoms with Gasteiger partial charge in [-0.1, -0.05) is 37.3 Å². The summed E-state index contributed by atoms with van der Waals surface area (Å²) >= 11 is 0. The van der Waals surface area contributed by atoms with E-state index < -0.39 is 6.03 Å². The fourth-order valence-corrected chi connectivity index (χ4v) is 4.58. The first-order valence-corrected chi connectivity index (χ1v) is 13.3. The number of urea groups is 1. The first-order valence-electron chi connectivity index (χ1n) is 13.3. The summed E-state index contributed by atoms with van der Waals surface area (Å²) in [5, 5.41) is 3.97. The van der Waals surface area contributed by atoms with Crippen molar-refractivity contribution in [3.05, 3.63) is 89.9 Å². The third-order valence-corrected chi connectivity index (χ3v) is 6.72. The number of nitrogens with zero attached hydrogens (tertiary/aromatic N) is 2. The van der Waals surface area contributed by atoms with Crippen LogP contribution in [-0.2, 0) is 17.8 Å². The van der Waals surface area contributed by atoms with Gasteiger partial charge in [-0.2, -0.15) is 0 Å². The average Bonchev–Trinajstić information content (AvgIpc) is 3.39. The summed E-state index contributed by atoms with van der Waals surface area (Å²) in [6.45, 7) is 2.98. The molecule has 0 saturated heterocycles. The lowest BCUT2D eigenvalue weighted by atomic mass is 10.1. The number of carbonyl (C=O) groups excluding carboxylic acids is 2. The van der Waals surface area contributed by atoms with Crippen LogP contribution in [-0.4, -0.2) is 60.6 Å². The van der Waals surface area contributed by atoms with Crippen molar-refractivity contribution in [1.29, 1.82) is 0 Å². The molecule has 40 heavy (non-hydrogen) atoms. The minimum atomic E-state index is -0.406. The van der Waals surface area contributed by atoms with E-state index in [-0.39, 0.29) is 18.3 Å². The maximum absolute atomic E-state index is 13.7. The monoisotopic (exact) mass is 546 g/mol. The van der Waals surface area contributed by atoms with Gasteiger partial charge in [-0.05, 0) is 54.3 Å². The van der Waals surface area contributed by atoms with Crippen molar-refractivity contribution in [1.82, 2.24) is 14.8 Å². The summed E-state index contributed by atoms with van der Waals surface area (Å²) in [5.74, 6) is 0.517. The van der Waals surface area contributed by atoms with Gasteiger partial charge in [0.25, 0.3) is 0 Å². The maximum Gasteiger partial charge on any atom is 0.322 e. The second-order valence-corrected chi connectivity index (χ2v) is 9.47. The van der Waals surface area contributed by atoms with Crippen molar-refractivity contribution in [3.63, 3.8) is 0 Å². The number of H-pyrrole nitrogens is 1. The van der Waals surface area contributed by atoms with Crippen molar-refractivity contribution >= 4 is 28.5 Å². The molecule has 0 fully saturated rings. The molecule has 2 N–H and O–H groups in total. The van der Waals surface area contributed by atoms with Crippen molar-refractivity contribution < 1.29 is 23.5 Å². The highest BCUT2D eigenvalue weighted by Crippen LogP contribution is 2.29. The van der Waals surface area contributed by atoms with Crippen LogP contribution in [0.4, 0.5) is 14.9 Å². The van der Waals surface area contributed by atoms with E-state index in [4.69, 9.17) is 9.47 Å². The number of halogens is 1. The summed E-state index contributed by atoms with van der Waals surface area (Å²) in [7, 11) is 3.07. The van der Waals surface area contributed by atoms with Crippen molar-refractivity contribution in [2.75, 3.05) is 39.2 Å². The number of benzene rings is 3. The van der Waals surface area contributed by atoms with Gasteiger partial charge in [0.15, 0.2) is 0 Å². The molecule has 0 unspecified atom stereocenters. The molecular weight excluding hydrogens is 511 g/mol. The average molecular weight is 547 g/mol. The normalized spacial score (nSPS) is 10.8. The Balaban J connectivity index is 1.51. The molecule has 1 aromatic heterocycles. The number of aromatic nitrogens is 1. The molecule has 0 atom stereocenters. The van der Waals surface area contributed by atoms with E-state index in [9.17, 15) is 14.0 Å². The quantitative estimate of drug-likeness (QED) is 0.234. The first-order chi connectivity index (χ1) is 19.4. The largest absolute Gasteiger partial charge is 0.497 e. The van der Waals surface area contributed by atoms with Crippen LogP contribution in [0.1, 0.15) is 24.5 Å². The molecule has 0 aliphatic heterocycles. The Kier molecular flexibility index (Phi) is 9.62. The summed E-state index contributed by atoms with van der Waals surface area (Å²) in [6, 6.07) is 18.8. The first kappa shape index (κ1) is 28.5. The van der Waals surface area contributed by atoms with Crippen LogP contribution in [0.25, 0.3) is 10.9 Å². The van der Waals surface area contributed by atoms with E-state index in [1.165, 1.54) is 24.1 Å². The molecule has 0 aliphatic rings. The highest BCUT2D eigenvalue weighted by molar-refractivity contribution is 5.93. The Morgan fingerprint density at radius 3 is 2.45 bits per heavy atom. The van der Waals surface area contributed by atoms with Crippen LogP contribution >= 0.6 is 0 Å². The number of methoxy groups -OCH3 is 2. The smallest absolute Gasteiger partial charge is 0.322 e. The fraction of sp³-hybridized carbons (Fsp3) is 0.290. The number of hydrogen-bond donors (Lipinski definition) is 2. The number of carbonyl (C=O) groups is 2. The molecule has 9 heteroatoms. The Hall–Kier alpha value is -4.53. The number of nitrogens with one attached hydrogen (secondary N) is 2. The van der Waals surface area contributed by atoms with Crippen LogP contribution in [0.5, 0.6) is 11.5 Å². The SMILES string of the molecule is CCCN(CC(=O)N(CCc1c[nH]c2ccccc12)Cc1ccc(F)cc1)C(=O)Nc1ccc(OC)cc1OC. The van der Waals surface area contributed by atoms with Gasteiger partial charge in [0.2, 0.25) is 5.91 Å². The molecule has 0 saturated carbocycles. The zero-order chi connectivity index (χ0) is 28.5. The van der Waals surface area contributed by atoms with Gasteiger partial charge in [-0.25, -0.2) is 9.18 Å². The number of aromatic amines is 1. The third-order valence-electron chi connectivity index (χ3n) is 6.72. The lowest BCUT2D eigenvalue weighted by Gasteiger charge is -2.28. The van der Waals surface area contributed by atoms with Gasteiger partial charge < -0.3 is 29.6 Å². The van der Waals surface area contributed by atoms with Gasteiger partial charge in [0, 0.05) is 42.8 Å². The van der Waals surface area contributed by atoms with E-state index in [0.29, 0.717) is 49.7 Å². The lowest BCUT2D eigenvalue weighted by molar-refractivity contribution is -0.132. The number of para-hydroxylation sites is 1. The number of hydrogen-bond acceptors (Lipinski definition) is 4. The lowest BCUT2D eigenvalue weighted by Crippen LogP contribution is -2.45. The highest BCUT2D eigenvalue weighted by atomic mass is 19.1. The molecule has 0 aliphatic carbocycles. The third kappa shape index (κ3) is 7.11. The second-order valence-electron chi connectivity index (χ2n) is 9.47. The Morgan fingerprint density at radius 1 is 0.950 bits per heavy atom. The minimum absolute atomic E-state index is 0.104. The number of amides is 3. The van der Waals surface area contributed by atoms with E-state index >= 15 is 0 Å². The van der Waals surface area contributed by atoms with Crippen LogP contribution in [0.15, 0.2) is 72.9 Å². The van der Waals surface area contributed by atoms with Crippen molar-refractivity contribution in [2.45, 2.75) is 26.3 Å². The molecule has 0 bridgehead atoms. The summed E-state index contributed by atoms with van der Waals surface area (Å²) < 4.78 is 24.2. The summed E-state index contributed by atoms with van der Waals surface area (Å²) in [5.41, 5.74) is 3.42. The molecule has 0 radical (unpaired) electrons. The predicted molar refractivity (Wildman–Crippen MR) is 154 cm³/mol. The fourth-order valence-electron chi connectivity index (χ4n) is 4.58. The topological polar surface area (TPSA) is 86.9 Å². The maximum atomic E-state index is 13.7. The van der Waals surface area contributed by atoms with E-state index in [2.05, 4.69) is 10.3 Å². The van der Waals surface area contributed by atoms with Crippen LogP contribution in [0, 0.1) is 5.82 Å². The van der Waals surface area contributed by atoms with Crippen LogP contribution < -0.4 is 14.8 Å². The molecule has 3 amide bonds. The zero-order valence-electron chi connectivity index (χ0n) is 23.1. The number of ether oxygens (including phenoxy) is 2. The molecule has 1 heterocycles. The van der Waals surface area contributed by atoms with E-state index in [1.54, 1.807) is 42.3 Å². The molecule has 3 aromatic carbocycles. The van der Waals surface area contributed by atoms with Crippen LogP contribution in [0.2, 0.25) is 0 Å². The Bertz CT molecular complexity index is 1440. The molecule has 4 rings (SSSR count). The molecule has 0 spiro atoms. The van der Waals surface area contributed by atoms with Crippen molar-refractivity contribution in [2.24, 2.45) is 0 Å². The predicted octanol–water partition coefficient (Wildman–Crippen LogP) is 5.84. The zero-order valence-corrected chi connectivity index (χ0v) is 23.1. The van der Waals surface area contributed by atoms with Gasteiger partial charge >= 0.3 is 6.03 Å². The van der Waals surface area contributed by atoms with Gasteiger partial charge in [-0.3, -0.25) is 4.79 Å². The molecule has 8 nitrogen and oxygen atoms in total. The Morgan fingerprint density at radius 2 is 1.73 bits per heavy atom. The van der Waals surface area contributed by atoms with Crippen molar-refractivity contribution in [3.8, 4) is 11.5 Å².